The Morgan fingerprint density at radius 1 is 1.24 bits per heavy atom. The molecule has 1 atom stereocenters. The molecule has 9 heteroatoms. The number of thiazole rings is 1. The Bertz CT molecular complexity index is 1470. The van der Waals surface area contributed by atoms with Gasteiger partial charge < -0.3 is 14.6 Å². The minimum absolute atomic E-state index is 0.0515. The molecule has 2 aromatic carbocycles. The van der Waals surface area contributed by atoms with Gasteiger partial charge in [0.25, 0.3) is 5.56 Å². The number of aromatic nitrogens is 1. The molecule has 7 nitrogen and oxygen atoms in total. The highest BCUT2D eigenvalue weighted by atomic mass is 79.9. The highest BCUT2D eigenvalue weighted by molar-refractivity contribution is 9.10. The minimum atomic E-state index is -0.767. The molecule has 0 saturated heterocycles. The third kappa shape index (κ3) is 4.45. The second kappa shape index (κ2) is 9.99. The lowest BCUT2D eigenvalue weighted by Crippen LogP contribution is -2.40. The molecule has 1 aliphatic rings. The van der Waals surface area contributed by atoms with E-state index in [2.05, 4.69) is 20.9 Å². The Morgan fingerprint density at radius 3 is 2.74 bits per heavy atom. The maximum Gasteiger partial charge on any atom is 0.338 e. The number of carbonyl (C=O) groups is 1. The summed E-state index contributed by atoms with van der Waals surface area (Å²) < 4.78 is 13.8. The summed E-state index contributed by atoms with van der Waals surface area (Å²) in [6.45, 7) is 5.97. The van der Waals surface area contributed by atoms with Crippen LogP contribution in [0.25, 0.3) is 6.08 Å². The number of ether oxygens (including phenoxy) is 2. The van der Waals surface area contributed by atoms with Crippen molar-refractivity contribution in [2.24, 2.45) is 4.99 Å². The molecule has 1 aromatic heterocycles. The van der Waals surface area contributed by atoms with Crippen LogP contribution >= 0.6 is 27.3 Å². The fraction of sp³-hybridized carbons (Fsp3) is 0.240. The summed E-state index contributed by atoms with van der Waals surface area (Å²) in [7, 11) is 0. The van der Waals surface area contributed by atoms with Crippen LogP contribution in [0, 0.1) is 0 Å². The van der Waals surface area contributed by atoms with Crippen molar-refractivity contribution in [3.63, 3.8) is 0 Å². The van der Waals surface area contributed by atoms with Crippen molar-refractivity contribution in [2.75, 3.05) is 13.2 Å². The summed E-state index contributed by atoms with van der Waals surface area (Å²) in [6, 6.07) is 11.6. The molecule has 176 valence electrons. The Hall–Kier alpha value is -3.17. The van der Waals surface area contributed by atoms with Gasteiger partial charge in [-0.25, -0.2) is 9.79 Å². The lowest BCUT2D eigenvalue weighted by molar-refractivity contribution is -0.139. The summed E-state index contributed by atoms with van der Waals surface area (Å²) in [6.07, 6.45) is 1.62. The monoisotopic (exact) mass is 542 g/mol. The lowest BCUT2D eigenvalue weighted by Gasteiger charge is -2.26. The normalized spacial score (nSPS) is 15.6. The zero-order chi connectivity index (χ0) is 24.4. The zero-order valence-corrected chi connectivity index (χ0v) is 21.3. The number of fused-ring (bicyclic) bond motifs is 1. The van der Waals surface area contributed by atoms with Gasteiger partial charge in [-0.15, -0.1) is 0 Å². The average Bonchev–Trinajstić information content (AvgIpc) is 3.10. The first-order valence-corrected chi connectivity index (χ1v) is 12.4. The van der Waals surface area contributed by atoms with Gasteiger partial charge in [-0.1, -0.05) is 45.5 Å². The molecule has 34 heavy (non-hydrogen) atoms. The second-order valence-corrected chi connectivity index (χ2v) is 9.40. The summed E-state index contributed by atoms with van der Waals surface area (Å²) >= 11 is 4.59. The molecule has 2 heterocycles. The summed E-state index contributed by atoms with van der Waals surface area (Å²) in [5.41, 5.74) is 1.60. The van der Waals surface area contributed by atoms with Crippen molar-refractivity contribution in [3.05, 3.63) is 89.0 Å². The summed E-state index contributed by atoms with van der Waals surface area (Å²) in [4.78, 5) is 31.7. The first-order chi connectivity index (χ1) is 16.3. The third-order valence-electron chi connectivity index (χ3n) is 5.31. The number of hydrogen-bond acceptors (Lipinski definition) is 7. The van der Waals surface area contributed by atoms with Crippen LogP contribution in [0.4, 0.5) is 0 Å². The molecule has 0 aliphatic carbocycles. The van der Waals surface area contributed by atoms with Crippen molar-refractivity contribution in [2.45, 2.75) is 26.8 Å². The standard InChI is InChI=1S/C25H23BrN2O5S/c1-4-32-19-9-7-6-8-17(19)22-21(24(31)33-5-2)14(3)27-25-28(22)23(30)20(34-25)13-15-12-16(26)10-11-18(15)29/h6-13,22,29H,4-5H2,1-3H3/b20-13-. The van der Waals surface area contributed by atoms with Crippen molar-refractivity contribution in [3.8, 4) is 11.5 Å². The van der Waals surface area contributed by atoms with Crippen LogP contribution in [-0.2, 0) is 9.53 Å². The minimum Gasteiger partial charge on any atom is -0.507 e. The first-order valence-electron chi connectivity index (χ1n) is 10.8. The molecule has 1 N–H and O–H groups in total. The largest absolute Gasteiger partial charge is 0.507 e. The second-order valence-electron chi connectivity index (χ2n) is 7.48. The number of para-hydroxylation sites is 1. The lowest BCUT2D eigenvalue weighted by atomic mass is 9.95. The van der Waals surface area contributed by atoms with Gasteiger partial charge in [0.15, 0.2) is 4.80 Å². The van der Waals surface area contributed by atoms with E-state index in [-0.39, 0.29) is 17.9 Å². The predicted octanol–water partition coefficient (Wildman–Crippen LogP) is 3.67. The molecule has 3 aromatic rings. The van der Waals surface area contributed by atoms with Crippen LogP contribution in [0.3, 0.4) is 0 Å². The Balaban J connectivity index is 2.00. The third-order valence-corrected chi connectivity index (χ3v) is 6.78. The Kier molecular flexibility index (Phi) is 7.04. The number of allylic oxidation sites excluding steroid dienone is 1. The molecule has 0 saturated carbocycles. The predicted molar refractivity (Wildman–Crippen MR) is 134 cm³/mol. The number of benzene rings is 2. The molecule has 0 spiro atoms. The van der Waals surface area contributed by atoms with Gasteiger partial charge in [0.1, 0.15) is 17.5 Å². The quantitative estimate of drug-likeness (QED) is 0.480. The molecule has 1 unspecified atom stereocenters. The van der Waals surface area contributed by atoms with Gasteiger partial charge in [0.2, 0.25) is 0 Å². The SMILES string of the molecule is CCOC(=O)C1=C(C)N=c2s/c(=C\c3cc(Br)ccc3O)c(=O)n2C1c1ccccc1OCC. The van der Waals surface area contributed by atoms with Crippen LogP contribution in [-0.4, -0.2) is 28.9 Å². The van der Waals surface area contributed by atoms with E-state index < -0.39 is 12.0 Å². The highest BCUT2D eigenvalue weighted by Gasteiger charge is 2.35. The van der Waals surface area contributed by atoms with E-state index in [1.54, 1.807) is 38.1 Å². The average molecular weight is 543 g/mol. The number of aromatic hydroxyl groups is 1. The molecule has 0 fully saturated rings. The number of rotatable bonds is 6. The van der Waals surface area contributed by atoms with E-state index >= 15 is 0 Å². The van der Waals surface area contributed by atoms with Crippen LogP contribution < -0.4 is 19.6 Å². The maximum atomic E-state index is 13.7. The number of hydrogen-bond donors (Lipinski definition) is 1. The zero-order valence-electron chi connectivity index (χ0n) is 18.9. The number of phenols is 1. The van der Waals surface area contributed by atoms with E-state index in [1.165, 1.54) is 15.9 Å². The number of esters is 1. The molecular formula is C25H23BrN2O5S. The van der Waals surface area contributed by atoms with Crippen LogP contribution in [0.15, 0.2) is 68.0 Å². The van der Waals surface area contributed by atoms with Crippen LogP contribution in [0.5, 0.6) is 11.5 Å². The maximum absolute atomic E-state index is 13.7. The molecule has 0 radical (unpaired) electrons. The summed E-state index contributed by atoms with van der Waals surface area (Å²) in [5.74, 6) is 0.0975. The van der Waals surface area contributed by atoms with E-state index in [0.29, 0.717) is 44.1 Å². The fourth-order valence-electron chi connectivity index (χ4n) is 3.86. The molecule has 0 amide bonds. The van der Waals surface area contributed by atoms with Crippen molar-refractivity contribution < 1.29 is 19.4 Å². The van der Waals surface area contributed by atoms with Crippen LogP contribution in [0.1, 0.15) is 37.9 Å². The van der Waals surface area contributed by atoms with Gasteiger partial charge in [-0.05, 0) is 51.1 Å². The van der Waals surface area contributed by atoms with Crippen molar-refractivity contribution >= 4 is 39.3 Å². The fourth-order valence-corrected chi connectivity index (χ4v) is 5.28. The van der Waals surface area contributed by atoms with E-state index in [0.717, 1.165) is 4.47 Å². The Morgan fingerprint density at radius 2 is 2.00 bits per heavy atom. The van der Waals surface area contributed by atoms with Gasteiger partial charge in [-0.3, -0.25) is 9.36 Å². The number of nitrogens with zero attached hydrogens (tertiary/aromatic N) is 2. The molecule has 0 bridgehead atoms. The highest BCUT2D eigenvalue weighted by Crippen LogP contribution is 2.35. The number of halogens is 1. The van der Waals surface area contributed by atoms with E-state index in [4.69, 9.17) is 9.47 Å². The van der Waals surface area contributed by atoms with Crippen molar-refractivity contribution in [1.82, 2.24) is 4.57 Å². The topological polar surface area (TPSA) is 90.1 Å². The number of carbonyl (C=O) groups excluding carboxylic acids is 1. The molecule has 4 rings (SSSR count). The van der Waals surface area contributed by atoms with Gasteiger partial charge in [0, 0.05) is 15.6 Å². The van der Waals surface area contributed by atoms with E-state index in [1.807, 2.05) is 31.2 Å². The molecule has 1 aliphatic heterocycles. The van der Waals surface area contributed by atoms with Gasteiger partial charge in [0.05, 0.1) is 29.0 Å². The molecular weight excluding hydrogens is 520 g/mol. The van der Waals surface area contributed by atoms with Crippen molar-refractivity contribution in [1.29, 1.82) is 0 Å². The smallest absolute Gasteiger partial charge is 0.338 e. The van der Waals surface area contributed by atoms with Gasteiger partial charge >= 0.3 is 5.97 Å². The Labute approximate surface area is 208 Å². The number of phenolic OH excluding ortho intramolecular Hbond substituents is 1. The summed E-state index contributed by atoms with van der Waals surface area (Å²) in [5, 5.41) is 10.3. The first kappa shape index (κ1) is 24.0. The van der Waals surface area contributed by atoms with Gasteiger partial charge in [-0.2, -0.15) is 0 Å². The van der Waals surface area contributed by atoms with E-state index in [9.17, 15) is 14.7 Å². The van der Waals surface area contributed by atoms with Crippen LogP contribution in [0.2, 0.25) is 0 Å².